The van der Waals surface area contributed by atoms with Crippen molar-refractivity contribution in [2.45, 2.75) is 96.1 Å². The van der Waals surface area contributed by atoms with Crippen molar-refractivity contribution in [1.82, 2.24) is 4.90 Å². The van der Waals surface area contributed by atoms with Crippen LogP contribution in [0.25, 0.3) is 0 Å². The van der Waals surface area contributed by atoms with Crippen molar-refractivity contribution in [3.8, 4) is 0 Å². The van der Waals surface area contributed by atoms with Crippen LogP contribution in [0, 0.1) is 0 Å². The van der Waals surface area contributed by atoms with Crippen LogP contribution in [0.4, 0.5) is 0 Å². The molecule has 0 aromatic rings. The first kappa shape index (κ1) is 17.3. The molecule has 2 saturated carbocycles. The SMILES string of the molecule is CCCCN(C(=NC1CCCCC1)C(=O)O)C1CCCCC1. The Hall–Kier alpha value is -1.06. The molecule has 0 heterocycles. The lowest BCUT2D eigenvalue weighted by atomic mass is 9.93. The molecule has 2 fully saturated rings. The van der Waals surface area contributed by atoms with E-state index >= 15 is 0 Å². The normalized spacial score (nSPS) is 21.8. The van der Waals surface area contributed by atoms with Gasteiger partial charge in [0.2, 0.25) is 5.84 Å². The predicted octanol–water partition coefficient (Wildman–Crippen LogP) is 4.24. The molecule has 0 aliphatic heterocycles. The fourth-order valence-corrected chi connectivity index (χ4v) is 3.82. The molecule has 126 valence electrons. The van der Waals surface area contributed by atoms with Crippen LogP contribution in [0.2, 0.25) is 0 Å². The van der Waals surface area contributed by atoms with E-state index in [1.165, 1.54) is 38.5 Å². The summed E-state index contributed by atoms with van der Waals surface area (Å²) in [5, 5.41) is 9.73. The number of carbonyl (C=O) groups is 1. The minimum absolute atomic E-state index is 0.229. The van der Waals surface area contributed by atoms with Crippen LogP contribution in [-0.4, -0.2) is 40.4 Å². The molecular weight excluding hydrogens is 276 g/mol. The molecule has 2 aliphatic rings. The Labute approximate surface area is 135 Å². The van der Waals surface area contributed by atoms with Gasteiger partial charge in [-0.3, -0.25) is 4.99 Å². The second kappa shape index (κ2) is 9.16. The van der Waals surface area contributed by atoms with E-state index in [1.54, 1.807) is 0 Å². The Kier molecular flexibility index (Phi) is 7.20. The molecule has 0 radical (unpaired) electrons. The molecule has 0 saturated heterocycles. The fourth-order valence-electron chi connectivity index (χ4n) is 3.82. The molecule has 0 bridgehead atoms. The van der Waals surface area contributed by atoms with Gasteiger partial charge in [-0.2, -0.15) is 0 Å². The number of carboxylic acids is 1. The molecular formula is C18H32N2O2. The highest BCUT2D eigenvalue weighted by Crippen LogP contribution is 2.25. The lowest BCUT2D eigenvalue weighted by Gasteiger charge is -2.36. The Balaban J connectivity index is 2.14. The van der Waals surface area contributed by atoms with Gasteiger partial charge in [-0.1, -0.05) is 51.9 Å². The monoisotopic (exact) mass is 308 g/mol. The Morgan fingerprint density at radius 2 is 1.64 bits per heavy atom. The van der Waals surface area contributed by atoms with E-state index in [2.05, 4.69) is 11.8 Å². The van der Waals surface area contributed by atoms with E-state index in [4.69, 9.17) is 4.99 Å². The minimum Gasteiger partial charge on any atom is -0.475 e. The van der Waals surface area contributed by atoms with Crippen LogP contribution in [0.15, 0.2) is 4.99 Å². The van der Waals surface area contributed by atoms with Gasteiger partial charge in [0.05, 0.1) is 6.04 Å². The van der Waals surface area contributed by atoms with E-state index in [0.717, 1.165) is 45.1 Å². The molecule has 4 nitrogen and oxygen atoms in total. The van der Waals surface area contributed by atoms with E-state index in [-0.39, 0.29) is 6.04 Å². The lowest BCUT2D eigenvalue weighted by Crippen LogP contribution is -2.46. The van der Waals surface area contributed by atoms with Crippen molar-refractivity contribution in [3.05, 3.63) is 0 Å². The highest BCUT2D eigenvalue weighted by Gasteiger charge is 2.28. The van der Waals surface area contributed by atoms with Crippen LogP contribution in [-0.2, 0) is 4.79 Å². The van der Waals surface area contributed by atoms with Crippen LogP contribution in [0.3, 0.4) is 0 Å². The van der Waals surface area contributed by atoms with Crippen molar-refractivity contribution < 1.29 is 9.90 Å². The largest absolute Gasteiger partial charge is 0.475 e. The van der Waals surface area contributed by atoms with Crippen molar-refractivity contribution in [2.75, 3.05) is 6.54 Å². The molecule has 1 N–H and O–H groups in total. The van der Waals surface area contributed by atoms with Gasteiger partial charge in [0, 0.05) is 12.6 Å². The van der Waals surface area contributed by atoms with Gasteiger partial charge in [-0.15, -0.1) is 0 Å². The molecule has 22 heavy (non-hydrogen) atoms. The van der Waals surface area contributed by atoms with Gasteiger partial charge < -0.3 is 10.0 Å². The molecule has 0 aromatic carbocycles. The smallest absolute Gasteiger partial charge is 0.371 e. The summed E-state index contributed by atoms with van der Waals surface area (Å²) in [7, 11) is 0. The number of aliphatic imine (C=N–C) groups is 1. The number of carboxylic acid groups (broad SMARTS) is 1. The first-order valence-corrected chi connectivity index (χ1v) is 9.30. The topological polar surface area (TPSA) is 52.9 Å². The van der Waals surface area contributed by atoms with Gasteiger partial charge in [0.25, 0.3) is 0 Å². The molecule has 4 heteroatoms. The van der Waals surface area contributed by atoms with Gasteiger partial charge in [0.1, 0.15) is 0 Å². The number of rotatable bonds is 5. The summed E-state index contributed by atoms with van der Waals surface area (Å²) in [6.07, 6.45) is 13.9. The quantitative estimate of drug-likeness (QED) is 0.610. The zero-order chi connectivity index (χ0) is 15.8. The summed E-state index contributed by atoms with van der Waals surface area (Å²) in [5.74, 6) is -0.473. The second-order valence-corrected chi connectivity index (χ2v) is 6.89. The van der Waals surface area contributed by atoms with E-state index in [0.29, 0.717) is 11.9 Å². The highest BCUT2D eigenvalue weighted by molar-refractivity contribution is 6.34. The molecule has 0 atom stereocenters. The number of hydrogen-bond donors (Lipinski definition) is 1. The van der Waals surface area contributed by atoms with Crippen LogP contribution in [0.1, 0.15) is 84.0 Å². The maximum Gasteiger partial charge on any atom is 0.371 e. The molecule has 0 aromatic heterocycles. The summed E-state index contributed by atoms with van der Waals surface area (Å²) in [5.41, 5.74) is 0. The maximum atomic E-state index is 11.8. The molecule has 2 aliphatic carbocycles. The fraction of sp³-hybridized carbons (Fsp3) is 0.889. The summed E-state index contributed by atoms with van der Waals surface area (Å²) in [6, 6.07) is 0.617. The van der Waals surface area contributed by atoms with Crippen molar-refractivity contribution in [1.29, 1.82) is 0 Å². The van der Waals surface area contributed by atoms with Gasteiger partial charge in [-0.05, 0) is 32.1 Å². The van der Waals surface area contributed by atoms with E-state index in [1.807, 2.05) is 0 Å². The molecule has 2 rings (SSSR count). The van der Waals surface area contributed by atoms with Crippen LogP contribution in [0.5, 0.6) is 0 Å². The van der Waals surface area contributed by atoms with Crippen LogP contribution >= 0.6 is 0 Å². The third-order valence-corrected chi connectivity index (χ3v) is 5.11. The van der Waals surface area contributed by atoms with Crippen molar-refractivity contribution in [3.63, 3.8) is 0 Å². The molecule has 0 amide bonds. The Morgan fingerprint density at radius 1 is 1.05 bits per heavy atom. The highest BCUT2D eigenvalue weighted by atomic mass is 16.4. The molecule has 0 unspecified atom stereocenters. The van der Waals surface area contributed by atoms with E-state index < -0.39 is 5.97 Å². The van der Waals surface area contributed by atoms with E-state index in [9.17, 15) is 9.90 Å². The van der Waals surface area contributed by atoms with Gasteiger partial charge >= 0.3 is 5.97 Å². The third kappa shape index (κ3) is 4.99. The van der Waals surface area contributed by atoms with Gasteiger partial charge in [0.15, 0.2) is 0 Å². The number of nitrogens with zero attached hydrogens (tertiary/aromatic N) is 2. The van der Waals surface area contributed by atoms with Crippen LogP contribution < -0.4 is 0 Å². The zero-order valence-corrected chi connectivity index (χ0v) is 14.1. The number of amidine groups is 1. The standard InChI is InChI=1S/C18H32N2O2/c1-2-3-14-20(16-12-8-5-9-13-16)17(18(21)22)19-15-10-6-4-7-11-15/h15-16H,2-14H2,1H3,(H,21,22). The average Bonchev–Trinajstić information content (AvgIpc) is 2.56. The zero-order valence-electron chi connectivity index (χ0n) is 14.1. The summed E-state index contributed by atoms with van der Waals surface area (Å²) in [4.78, 5) is 18.7. The first-order valence-electron chi connectivity index (χ1n) is 9.30. The van der Waals surface area contributed by atoms with Gasteiger partial charge in [-0.25, -0.2) is 4.79 Å². The number of hydrogen-bond acceptors (Lipinski definition) is 2. The Bertz CT molecular complexity index is 369. The number of aliphatic carboxylic acids is 1. The summed E-state index contributed by atoms with van der Waals surface area (Å²) >= 11 is 0. The second-order valence-electron chi connectivity index (χ2n) is 6.89. The summed E-state index contributed by atoms with van der Waals surface area (Å²) < 4.78 is 0. The Morgan fingerprint density at radius 3 is 2.18 bits per heavy atom. The summed E-state index contributed by atoms with van der Waals surface area (Å²) in [6.45, 7) is 3.01. The lowest BCUT2D eigenvalue weighted by molar-refractivity contribution is -0.130. The average molecular weight is 308 g/mol. The van der Waals surface area contributed by atoms with Crippen molar-refractivity contribution in [2.24, 2.45) is 4.99 Å². The minimum atomic E-state index is -0.827. The number of unbranched alkanes of at least 4 members (excludes halogenated alkanes) is 1. The van der Waals surface area contributed by atoms with Crippen molar-refractivity contribution >= 4 is 11.8 Å². The predicted molar refractivity (Wildman–Crippen MR) is 90.4 cm³/mol. The third-order valence-electron chi connectivity index (χ3n) is 5.11. The first-order chi connectivity index (χ1) is 10.7. The maximum absolute atomic E-state index is 11.8. The molecule has 0 spiro atoms.